The van der Waals surface area contributed by atoms with Crippen molar-refractivity contribution in [1.29, 1.82) is 0 Å². The van der Waals surface area contributed by atoms with Crippen LogP contribution in [0.3, 0.4) is 0 Å². The number of amides is 1. The van der Waals surface area contributed by atoms with Crippen LogP contribution in [0.1, 0.15) is 20.3 Å². The summed E-state index contributed by atoms with van der Waals surface area (Å²) >= 11 is 7.03. The molecule has 10 heteroatoms. The van der Waals surface area contributed by atoms with E-state index in [0.717, 1.165) is 18.2 Å². The zero-order valence-corrected chi connectivity index (χ0v) is 19.1. The molecule has 0 aliphatic heterocycles. The SMILES string of the molecule is CC(C)CCn1c(=O)c2ccccc2n2c(SCC(=O)Nc3cc(Cl)ccc3F)nnc12. The standard InChI is InChI=1S/C22H21ClFN5O2S/c1-13(2)9-10-28-20(31)15-5-3-4-6-18(15)29-21(28)26-27-22(29)32-12-19(30)25-17-11-14(23)7-8-16(17)24/h3-8,11,13H,9-10,12H2,1-2H3,(H,25,30). The summed E-state index contributed by atoms with van der Waals surface area (Å²) in [6.45, 7) is 4.70. The van der Waals surface area contributed by atoms with Gasteiger partial charge >= 0.3 is 0 Å². The van der Waals surface area contributed by atoms with Gasteiger partial charge in [-0.1, -0.05) is 49.3 Å². The Morgan fingerprint density at radius 3 is 2.78 bits per heavy atom. The van der Waals surface area contributed by atoms with Gasteiger partial charge in [0.05, 0.1) is 22.3 Å². The highest BCUT2D eigenvalue weighted by Gasteiger charge is 2.18. The molecular weight excluding hydrogens is 453 g/mol. The number of aromatic nitrogens is 4. The molecule has 4 rings (SSSR count). The molecule has 1 amide bonds. The minimum Gasteiger partial charge on any atom is -0.323 e. The van der Waals surface area contributed by atoms with Crippen molar-refractivity contribution in [3.8, 4) is 0 Å². The molecule has 0 radical (unpaired) electrons. The lowest BCUT2D eigenvalue weighted by atomic mass is 10.1. The lowest BCUT2D eigenvalue weighted by Gasteiger charge is -2.12. The summed E-state index contributed by atoms with van der Waals surface area (Å²) in [5.74, 6) is -0.156. The smallest absolute Gasteiger partial charge is 0.262 e. The molecule has 0 aliphatic carbocycles. The summed E-state index contributed by atoms with van der Waals surface area (Å²) in [7, 11) is 0. The van der Waals surface area contributed by atoms with E-state index in [-0.39, 0.29) is 17.0 Å². The molecule has 0 bridgehead atoms. The number of para-hydroxylation sites is 1. The van der Waals surface area contributed by atoms with E-state index >= 15 is 0 Å². The molecule has 1 N–H and O–H groups in total. The number of benzene rings is 2. The molecule has 0 saturated carbocycles. The van der Waals surface area contributed by atoms with Gasteiger partial charge in [0.25, 0.3) is 5.56 Å². The number of nitrogens with one attached hydrogen (secondary N) is 1. The predicted octanol–water partition coefficient (Wildman–Crippen LogP) is 4.61. The second-order valence-corrected chi connectivity index (χ2v) is 9.11. The molecule has 7 nitrogen and oxygen atoms in total. The number of carbonyl (C=O) groups excluding carboxylic acids is 1. The molecule has 0 aliphatic rings. The van der Waals surface area contributed by atoms with Gasteiger partial charge in [-0.05, 0) is 42.7 Å². The zero-order chi connectivity index (χ0) is 22.8. The number of fused-ring (bicyclic) bond motifs is 3. The minimum absolute atomic E-state index is 0.0159. The van der Waals surface area contributed by atoms with Crippen LogP contribution >= 0.6 is 23.4 Å². The van der Waals surface area contributed by atoms with Crippen LogP contribution in [-0.4, -0.2) is 30.8 Å². The third kappa shape index (κ3) is 4.49. The van der Waals surface area contributed by atoms with E-state index in [1.807, 2.05) is 18.2 Å². The van der Waals surface area contributed by atoms with Crippen LogP contribution in [0.25, 0.3) is 16.7 Å². The second-order valence-electron chi connectivity index (χ2n) is 7.74. The fourth-order valence-electron chi connectivity index (χ4n) is 3.33. The Bertz CT molecular complexity index is 1370. The third-order valence-electron chi connectivity index (χ3n) is 4.94. The number of thioether (sulfide) groups is 1. The molecule has 0 unspecified atom stereocenters. The van der Waals surface area contributed by atoms with Gasteiger partial charge in [-0.2, -0.15) is 0 Å². The van der Waals surface area contributed by atoms with Gasteiger partial charge in [0.2, 0.25) is 11.7 Å². The molecule has 32 heavy (non-hydrogen) atoms. The maximum Gasteiger partial charge on any atom is 0.262 e. The van der Waals surface area contributed by atoms with E-state index in [0.29, 0.717) is 39.3 Å². The van der Waals surface area contributed by atoms with E-state index in [2.05, 4.69) is 29.4 Å². The van der Waals surface area contributed by atoms with Gasteiger partial charge in [-0.15, -0.1) is 10.2 Å². The first-order valence-electron chi connectivity index (χ1n) is 10.1. The molecule has 0 saturated heterocycles. The number of hydrogen-bond acceptors (Lipinski definition) is 5. The van der Waals surface area contributed by atoms with Crippen molar-refractivity contribution in [2.24, 2.45) is 5.92 Å². The fraction of sp³-hybridized carbons (Fsp3) is 0.273. The number of hydrogen-bond donors (Lipinski definition) is 1. The van der Waals surface area contributed by atoms with Crippen LogP contribution in [0.4, 0.5) is 10.1 Å². The average molecular weight is 474 g/mol. The van der Waals surface area contributed by atoms with Crippen molar-refractivity contribution in [3.63, 3.8) is 0 Å². The number of rotatable bonds is 7. The number of anilines is 1. The Morgan fingerprint density at radius 1 is 1.22 bits per heavy atom. The average Bonchev–Trinajstić information content (AvgIpc) is 3.18. The molecule has 2 aromatic heterocycles. The fourth-order valence-corrected chi connectivity index (χ4v) is 4.24. The van der Waals surface area contributed by atoms with Gasteiger partial charge in [-0.25, -0.2) is 4.39 Å². The van der Waals surface area contributed by atoms with Gasteiger partial charge < -0.3 is 5.32 Å². The van der Waals surface area contributed by atoms with Crippen molar-refractivity contribution in [3.05, 3.63) is 63.7 Å². The summed E-state index contributed by atoms with van der Waals surface area (Å²) in [5, 5.41) is 12.3. The van der Waals surface area contributed by atoms with Crippen LogP contribution in [0.5, 0.6) is 0 Å². The summed E-state index contributed by atoms with van der Waals surface area (Å²) in [6, 6.07) is 11.2. The molecule has 0 fully saturated rings. The van der Waals surface area contributed by atoms with Gasteiger partial charge in [0.15, 0.2) is 5.16 Å². The molecule has 4 aromatic rings. The minimum atomic E-state index is -0.569. The van der Waals surface area contributed by atoms with Crippen LogP contribution in [0, 0.1) is 11.7 Å². The maximum atomic E-state index is 13.9. The first-order chi connectivity index (χ1) is 15.3. The van der Waals surface area contributed by atoms with Crippen molar-refractivity contribution in [1.82, 2.24) is 19.2 Å². The van der Waals surface area contributed by atoms with E-state index in [4.69, 9.17) is 11.6 Å². The monoisotopic (exact) mass is 473 g/mol. The van der Waals surface area contributed by atoms with E-state index < -0.39 is 11.7 Å². The van der Waals surface area contributed by atoms with Crippen LogP contribution < -0.4 is 10.9 Å². The quantitative estimate of drug-likeness (QED) is 0.396. The summed E-state index contributed by atoms with van der Waals surface area (Å²) < 4.78 is 17.3. The first-order valence-corrected chi connectivity index (χ1v) is 11.5. The largest absolute Gasteiger partial charge is 0.323 e. The highest BCUT2D eigenvalue weighted by molar-refractivity contribution is 7.99. The Balaban J connectivity index is 1.65. The van der Waals surface area contributed by atoms with Crippen LogP contribution in [0.15, 0.2) is 52.4 Å². The highest BCUT2D eigenvalue weighted by Crippen LogP contribution is 2.23. The van der Waals surface area contributed by atoms with Crippen molar-refractivity contribution < 1.29 is 9.18 Å². The van der Waals surface area contributed by atoms with Crippen molar-refractivity contribution in [2.45, 2.75) is 32.0 Å². The summed E-state index contributed by atoms with van der Waals surface area (Å²) in [4.78, 5) is 25.5. The van der Waals surface area contributed by atoms with Gasteiger partial charge in [0.1, 0.15) is 5.82 Å². The van der Waals surface area contributed by atoms with Crippen molar-refractivity contribution in [2.75, 3.05) is 11.1 Å². The Kier molecular flexibility index (Phi) is 6.48. The van der Waals surface area contributed by atoms with E-state index in [9.17, 15) is 14.0 Å². The molecule has 166 valence electrons. The Hall–Kier alpha value is -2.91. The van der Waals surface area contributed by atoms with Crippen molar-refractivity contribution >= 4 is 51.6 Å². The normalized spacial score (nSPS) is 11.5. The lowest BCUT2D eigenvalue weighted by Crippen LogP contribution is -2.24. The summed E-state index contributed by atoms with van der Waals surface area (Å²) in [5.41, 5.74) is 0.566. The molecular formula is C22H21ClFN5O2S. The Labute approximate surface area is 192 Å². The number of aryl methyl sites for hydroxylation is 1. The maximum absolute atomic E-state index is 13.9. The topological polar surface area (TPSA) is 81.3 Å². The van der Waals surface area contributed by atoms with Gasteiger partial charge in [0, 0.05) is 11.6 Å². The highest BCUT2D eigenvalue weighted by atomic mass is 35.5. The lowest BCUT2D eigenvalue weighted by molar-refractivity contribution is -0.113. The Morgan fingerprint density at radius 2 is 2.00 bits per heavy atom. The zero-order valence-electron chi connectivity index (χ0n) is 17.5. The second kappa shape index (κ2) is 9.30. The molecule has 2 heterocycles. The molecule has 2 aromatic carbocycles. The molecule has 0 atom stereocenters. The van der Waals surface area contributed by atoms with Crippen LogP contribution in [0.2, 0.25) is 5.02 Å². The summed E-state index contributed by atoms with van der Waals surface area (Å²) in [6.07, 6.45) is 0.816. The molecule has 0 spiro atoms. The van der Waals surface area contributed by atoms with E-state index in [1.165, 1.54) is 18.2 Å². The first kappa shape index (κ1) is 22.3. The van der Waals surface area contributed by atoms with Crippen LogP contribution in [-0.2, 0) is 11.3 Å². The van der Waals surface area contributed by atoms with E-state index in [1.54, 1.807) is 15.0 Å². The predicted molar refractivity (Wildman–Crippen MR) is 125 cm³/mol. The third-order valence-corrected chi connectivity index (χ3v) is 6.11. The number of carbonyl (C=O) groups is 1. The number of nitrogens with zero attached hydrogens (tertiary/aromatic N) is 4. The number of halogens is 2. The van der Waals surface area contributed by atoms with Gasteiger partial charge in [-0.3, -0.25) is 18.6 Å².